The molecule has 16 heavy (non-hydrogen) atoms. The van der Waals surface area contributed by atoms with Crippen molar-refractivity contribution in [2.45, 2.75) is 11.1 Å². The minimum absolute atomic E-state index is 0.592. The number of ketones is 1. The van der Waals surface area contributed by atoms with Crippen molar-refractivity contribution in [3.8, 4) is 0 Å². The third-order valence-electron chi connectivity index (χ3n) is 1.66. The van der Waals surface area contributed by atoms with E-state index in [0.29, 0.717) is 24.3 Å². The molecule has 1 aromatic rings. The maximum Gasteiger partial charge on any atom is 0.454 e. The molecule has 0 fully saturated rings. The van der Waals surface area contributed by atoms with Crippen LogP contribution in [0.15, 0.2) is 29.2 Å². The summed E-state index contributed by atoms with van der Waals surface area (Å²) in [5.41, 5.74) is -0.750. The second kappa shape index (κ2) is 3.85. The highest BCUT2D eigenvalue weighted by Crippen LogP contribution is 2.22. The van der Waals surface area contributed by atoms with Gasteiger partial charge in [0.05, 0.1) is 4.90 Å². The van der Waals surface area contributed by atoms with Gasteiger partial charge in [0.15, 0.2) is 0 Å². The molecule has 0 N–H and O–H groups in total. The van der Waals surface area contributed by atoms with E-state index in [1.807, 2.05) is 0 Å². The lowest BCUT2D eigenvalue weighted by Crippen LogP contribution is -2.22. The lowest BCUT2D eigenvalue weighted by Gasteiger charge is -2.04. The van der Waals surface area contributed by atoms with Crippen LogP contribution in [-0.4, -0.2) is 20.4 Å². The predicted octanol–water partition coefficient (Wildman–Crippen LogP) is 2.09. The zero-order chi connectivity index (χ0) is 12.6. The number of Topliss-reactive ketones (excluding diaryl/α,β-unsaturated/α-hetero) is 1. The van der Waals surface area contributed by atoms with Crippen LogP contribution in [0, 0.1) is 0 Å². The van der Waals surface area contributed by atoms with Gasteiger partial charge in [-0.05, 0) is 24.3 Å². The summed E-state index contributed by atoms with van der Waals surface area (Å²) in [4.78, 5) is 9.86. The number of hydrogen-bond donors (Lipinski definition) is 0. The summed E-state index contributed by atoms with van der Waals surface area (Å²) in [6.07, 6.45) is -5.05. The highest BCUT2D eigenvalue weighted by molar-refractivity contribution is 7.86. The fourth-order valence-corrected chi connectivity index (χ4v) is 1.39. The summed E-state index contributed by atoms with van der Waals surface area (Å²) in [6, 6.07) is 2.38. The Hall–Kier alpha value is -1.44. The first-order chi connectivity index (χ1) is 7.12. The van der Waals surface area contributed by atoms with Gasteiger partial charge in [0.2, 0.25) is 0 Å². The molecule has 8 heteroatoms. The fraction of sp³-hybridized carbons (Fsp3) is 0.125. The fourth-order valence-electron chi connectivity index (χ4n) is 0.933. The second-order valence-corrected chi connectivity index (χ2v) is 4.14. The van der Waals surface area contributed by atoms with Crippen molar-refractivity contribution in [3.05, 3.63) is 29.8 Å². The SMILES string of the molecule is O=C(c1ccc(S(=O)(=O)F)cc1)C(F)(F)F. The largest absolute Gasteiger partial charge is 0.454 e. The van der Waals surface area contributed by atoms with Crippen molar-refractivity contribution in [1.29, 1.82) is 0 Å². The normalized spacial score (nSPS) is 12.5. The molecule has 0 saturated heterocycles. The molecule has 0 spiro atoms. The Labute approximate surface area is 87.9 Å². The molecule has 0 aliphatic heterocycles. The van der Waals surface area contributed by atoms with E-state index in [4.69, 9.17) is 0 Å². The second-order valence-electron chi connectivity index (χ2n) is 2.79. The van der Waals surface area contributed by atoms with Crippen LogP contribution in [0.25, 0.3) is 0 Å². The molecule has 0 aliphatic rings. The van der Waals surface area contributed by atoms with Gasteiger partial charge in [-0.15, -0.1) is 3.89 Å². The van der Waals surface area contributed by atoms with E-state index in [2.05, 4.69) is 0 Å². The van der Waals surface area contributed by atoms with Gasteiger partial charge < -0.3 is 0 Å². The zero-order valence-electron chi connectivity index (χ0n) is 7.45. The Balaban J connectivity index is 3.10. The molecule has 0 saturated carbocycles. The summed E-state index contributed by atoms with van der Waals surface area (Å²) >= 11 is 0. The van der Waals surface area contributed by atoms with E-state index in [0.717, 1.165) is 0 Å². The van der Waals surface area contributed by atoms with Crippen molar-refractivity contribution >= 4 is 16.0 Å². The Kier molecular flexibility index (Phi) is 3.04. The number of carbonyl (C=O) groups is 1. The van der Waals surface area contributed by atoms with Crippen molar-refractivity contribution in [3.63, 3.8) is 0 Å². The van der Waals surface area contributed by atoms with E-state index < -0.39 is 32.6 Å². The highest BCUT2D eigenvalue weighted by Gasteiger charge is 2.39. The summed E-state index contributed by atoms with van der Waals surface area (Å²) in [5.74, 6) is -2.12. The first-order valence-corrected chi connectivity index (χ1v) is 5.17. The van der Waals surface area contributed by atoms with E-state index in [1.165, 1.54) is 0 Å². The number of hydrogen-bond acceptors (Lipinski definition) is 3. The van der Waals surface area contributed by atoms with Gasteiger partial charge in [0.25, 0.3) is 5.78 Å². The lowest BCUT2D eigenvalue weighted by molar-refractivity contribution is -0.0885. The zero-order valence-corrected chi connectivity index (χ0v) is 8.27. The van der Waals surface area contributed by atoms with Crippen molar-refractivity contribution < 1.29 is 30.3 Å². The quantitative estimate of drug-likeness (QED) is 0.462. The average molecular weight is 256 g/mol. The molecular weight excluding hydrogens is 252 g/mol. The van der Waals surface area contributed by atoms with Crippen molar-refractivity contribution in [1.82, 2.24) is 0 Å². The van der Waals surface area contributed by atoms with Crippen molar-refractivity contribution in [2.24, 2.45) is 0 Å². The van der Waals surface area contributed by atoms with Gasteiger partial charge in [-0.1, -0.05) is 0 Å². The van der Waals surface area contributed by atoms with E-state index in [1.54, 1.807) is 0 Å². The number of carbonyl (C=O) groups excluding carboxylic acids is 1. The minimum Gasteiger partial charge on any atom is -0.284 e. The van der Waals surface area contributed by atoms with Crippen LogP contribution in [0.2, 0.25) is 0 Å². The standard InChI is InChI=1S/C8H4F4O3S/c9-8(10,11)7(13)5-1-3-6(4-2-5)16(12,14)15/h1-4H. The molecule has 0 amide bonds. The molecule has 0 atom stereocenters. The van der Waals surface area contributed by atoms with E-state index in [9.17, 15) is 30.3 Å². The Morgan fingerprint density at radius 2 is 1.50 bits per heavy atom. The van der Waals surface area contributed by atoms with Gasteiger partial charge in [-0.3, -0.25) is 4.79 Å². The molecule has 88 valence electrons. The number of benzene rings is 1. The lowest BCUT2D eigenvalue weighted by atomic mass is 10.1. The third kappa shape index (κ3) is 2.78. The number of halogens is 4. The molecule has 0 heterocycles. The molecule has 0 bridgehead atoms. The van der Waals surface area contributed by atoms with Crippen LogP contribution in [0.1, 0.15) is 10.4 Å². The summed E-state index contributed by atoms with van der Waals surface area (Å²) in [7, 11) is -4.97. The van der Waals surface area contributed by atoms with Crippen LogP contribution in [0.4, 0.5) is 17.1 Å². The predicted molar refractivity (Wildman–Crippen MR) is 45.1 cm³/mol. The van der Waals surface area contributed by atoms with E-state index in [-0.39, 0.29) is 0 Å². The van der Waals surface area contributed by atoms with Crippen LogP contribution >= 0.6 is 0 Å². The first-order valence-electron chi connectivity index (χ1n) is 3.78. The summed E-state index contributed by atoms with van der Waals surface area (Å²) in [5, 5.41) is 0. The maximum atomic E-state index is 12.4. The molecule has 0 radical (unpaired) electrons. The molecule has 1 rings (SSSR count). The smallest absolute Gasteiger partial charge is 0.284 e. The summed E-state index contributed by atoms with van der Waals surface area (Å²) < 4.78 is 68.8. The Morgan fingerprint density at radius 3 is 1.81 bits per heavy atom. The maximum absolute atomic E-state index is 12.4. The summed E-state index contributed by atoms with van der Waals surface area (Å²) in [6.45, 7) is 0. The van der Waals surface area contributed by atoms with Gasteiger partial charge in [0, 0.05) is 5.56 Å². The Morgan fingerprint density at radius 1 is 1.06 bits per heavy atom. The number of rotatable bonds is 2. The molecule has 0 unspecified atom stereocenters. The topological polar surface area (TPSA) is 51.2 Å². The van der Waals surface area contributed by atoms with Crippen LogP contribution in [0.3, 0.4) is 0 Å². The molecular formula is C8H4F4O3S. The minimum atomic E-state index is -5.05. The monoisotopic (exact) mass is 256 g/mol. The highest BCUT2D eigenvalue weighted by atomic mass is 32.3. The van der Waals surface area contributed by atoms with Crippen molar-refractivity contribution in [2.75, 3.05) is 0 Å². The first kappa shape index (κ1) is 12.6. The molecule has 0 aromatic heterocycles. The van der Waals surface area contributed by atoms with Gasteiger partial charge in [0.1, 0.15) is 0 Å². The third-order valence-corrected chi connectivity index (χ3v) is 2.49. The van der Waals surface area contributed by atoms with Crippen LogP contribution in [-0.2, 0) is 10.2 Å². The van der Waals surface area contributed by atoms with Gasteiger partial charge >= 0.3 is 16.4 Å². The average Bonchev–Trinajstić information content (AvgIpc) is 2.14. The van der Waals surface area contributed by atoms with Gasteiger partial charge in [-0.25, -0.2) is 0 Å². The number of alkyl halides is 3. The van der Waals surface area contributed by atoms with Gasteiger partial charge in [-0.2, -0.15) is 21.6 Å². The Bertz CT molecular complexity index is 501. The molecule has 0 aliphatic carbocycles. The van der Waals surface area contributed by atoms with Crippen LogP contribution < -0.4 is 0 Å². The van der Waals surface area contributed by atoms with E-state index >= 15 is 0 Å². The molecule has 3 nitrogen and oxygen atoms in total. The van der Waals surface area contributed by atoms with Crippen LogP contribution in [0.5, 0.6) is 0 Å². The molecule has 1 aromatic carbocycles.